The highest BCUT2D eigenvalue weighted by atomic mass is 32.1. The summed E-state index contributed by atoms with van der Waals surface area (Å²) in [4.78, 5) is 20.6. The number of benzene rings is 6. The van der Waals surface area contributed by atoms with Gasteiger partial charge in [0.05, 0.1) is 33.3 Å². The molecule has 0 aliphatic heterocycles. The van der Waals surface area contributed by atoms with Crippen LogP contribution in [0.5, 0.6) is 0 Å². The SMILES string of the molecule is c1ccc(-c2nc(-c3ccccc3-n3c4ccccc4c4ncccc43)nc(-n3c4ccccc4c4c5c(ccc43)sc3ccccc35)n2)cc1. The number of thiophene rings is 1. The van der Waals surface area contributed by atoms with E-state index in [4.69, 9.17) is 19.9 Å². The molecule has 6 nitrogen and oxygen atoms in total. The second-order valence-corrected chi connectivity index (χ2v) is 13.8. The summed E-state index contributed by atoms with van der Waals surface area (Å²) in [5, 5.41) is 6.01. The van der Waals surface area contributed by atoms with E-state index in [0.717, 1.165) is 49.8 Å². The smallest absolute Gasteiger partial charge is 0.238 e. The van der Waals surface area contributed by atoms with Gasteiger partial charge in [0.1, 0.15) is 0 Å². The molecule has 11 aromatic rings. The first-order chi connectivity index (χ1) is 25.3. The highest BCUT2D eigenvalue weighted by molar-refractivity contribution is 7.26. The predicted molar refractivity (Wildman–Crippen MR) is 210 cm³/mol. The average Bonchev–Trinajstić information content (AvgIpc) is 3.86. The second kappa shape index (κ2) is 10.9. The lowest BCUT2D eigenvalue weighted by Crippen LogP contribution is -2.07. The molecule has 0 fully saturated rings. The molecular weight excluding hydrogens is 645 g/mol. The minimum atomic E-state index is 0.572. The van der Waals surface area contributed by atoms with E-state index in [0.29, 0.717) is 17.6 Å². The van der Waals surface area contributed by atoms with Crippen LogP contribution in [0.15, 0.2) is 158 Å². The van der Waals surface area contributed by atoms with Crippen molar-refractivity contribution in [2.24, 2.45) is 0 Å². The Morgan fingerprint density at radius 3 is 2.00 bits per heavy atom. The number of fused-ring (bicyclic) bond motifs is 10. The Balaban J connectivity index is 1.23. The van der Waals surface area contributed by atoms with Crippen LogP contribution >= 0.6 is 11.3 Å². The molecule has 5 aromatic heterocycles. The van der Waals surface area contributed by atoms with Gasteiger partial charge in [-0.2, -0.15) is 9.97 Å². The Bertz CT molecular complexity index is 3100. The molecule has 0 saturated heterocycles. The molecule has 0 amide bonds. The molecule has 0 N–H and O–H groups in total. The van der Waals surface area contributed by atoms with E-state index in [9.17, 15) is 0 Å². The van der Waals surface area contributed by atoms with Crippen LogP contribution in [0, 0.1) is 0 Å². The van der Waals surface area contributed by atoms with Crippen LogP contribution in [-0.2, 0) is 0 Å². The molecule has 0 unspecified atom stereocenters. The first-order valence-electron chi connectivity index (χ1n) is 16.9. The van der Waals surface area contributed by atoms with Gasteiger partial charge in [-0.3, -0.25) is 9.55 Å². The molecule has 5 heterocycles. The maximum Gasteiger partial charge on any atom is 0.238 e. The van der Waals surface area contributed by atoms with Crippen molar-refractivity contribution < 1.29 is 0 Å². The molecule has 0 radical (unpaired) electrons. The third kappa shape index (κ3) is 4.16. The normalized spacial score (nSPS) is 11.9. The Labute approximate surface area is 295 Å². The number of aromatic nitrogens is 6. The predicted octanol–water partition coefficient (Wildman–Crippen LogP) is 11.2. The summed E-state index contributed by atoms with van der Waals surface area (Å²) in [6.07, 6.45) is 1.85. The van der Waals surface area contributed by atoms with Crippen molar-refractivity contribution in [2.45, 2.75) is 0 Å². The van der Waals surface area contributed by atoms with Crippen molar-refractivity contribution in [1.82, 2.24) is 29.1 Å². The van der Waals surface area contributed by atoms with Crippen LogP contribution < -0.4 is 0 Å². The van der Waals surface area contributed by atoms with Crippen molar-refractivity contribution in [3.8, 4) is 34.4 Å². The van der Waals surface area contributed by atoms with Crippen LogP contribution in [0.2, 0.25) is 0 Å². The van der Waals surface area contributed by atoms with Gasteiger partial charge in [0.2, 0.25) is 5.95 Å². The molecule has 0 aliphatic carbocycles. The van der Waals surface area contributed by atoms with E-state index in [2.05, 4.69) is 137 Å². The number of rotatable bonds is 4. The fraction of sp³-hybridized carbons (Fsp3) is 0. The molecule has 0 saturated carbocycles. The Morgan fingerprint density at radius 1 is 0.431 bits per heavy atom. The largest absolute Gasteiger partial charge is 0.307 e. The summed E-state index contributed by atoms with van der Waals surface area (Å²) in [5.41, 5.74) is 7.97. The zero-order valence-electron chi connectivity index (χ0n) is 27.1. The van der Waals surface area contributed by atoms with Gasteiger partial charge in [0.15, 0.2) is 11.6 Å². The Hall–Kier alpha value is -6.70. The van der Waals surface area contributed by atoms with Crippen LogP contribution in [0.3, 0.4) is 0 Å². The summed E-state index contributed by atoms with van der Waals surface area (Å²) in [6.45, 7) is 0. The summed E-state index contributed by atoms with van der Waals surface area (Å²) >= 11 is 1.83. The van der Waals surface area contributed by atoms with Crippen LogP contribution in [0.4, 0.5) is 0 Å². The van der Waals surface area contributed by atoms with E-state index in [1.807, 2.05) is 41.8 Å². The molecule has 0 atom stereocenters. The maximum atomic E-state index is 5.35. The van der Waals surface area contributed by atoms with E-state index in [1.54, 1.807) is 0 Å². The number of nitrogens with zero attached hydrogens (tertiary/aromatic N) is 6. The topological polar surface area (TPSA) is 61.4 Å². The summed E-state index contributed by atoms with van der Waals surface area (Å²) in [7, 11) is 0. The van der Waals surface area contributed by atoms with E-state index < -0.39 is 0 Å². The van der Waals surface area contributed by atoms with Crippen molar-refractivity contribution in [3.05, 3.63) is 158 Å². The summed E-state index contributed by atoms with van der Waals surface area (Å²) in [6, 6.07) is 52.8. The lowest BCUT2D eigenvalue weighted by atomic mass is 10.1. The van der Waals surface area contributed by atoms with Gasteiger partial charge in [-0.25, -0.2) is 4.98 Å². The van der Waals surface area contributed by atoms with Gasteiger partial charge in [0.25, 0.3) is 0 Å². The lowest BCUT2D eigenvalue weighted by Gasteiger charge is -2.15. The maximum absolute atomic E-state index is 5.35. The zero-order chi connectivity index (χ0) is 33.5. The number of hydrogen-bond donors (Lipinski definition) is 0. The highest BCUT2D eigenvalue weighted by Crippen LogP contribution is 2.43. The van der Waals surface area contributed by atoms with Gasteiger partial charge in [-0.1, -0.05) is 97.1 Å². The molecule has 51 heavy (non-hydrogen) atoms. The van der Waals surface area contributed by atoms with Crippen molar-refractivity contribution in [1.29, 1.82) is 0 Å². The molecule has 0 bridgehead atoms. The van der Waals surface area contributed by atoms with E-state index in [-0.39, 0.29) is 0 Å². The Kier molecular flexibility index (Phi) is 6.02. The molecular formula is C44H26N6S. The van der Waals surface area contributed by atoms with Gasteiger partial charge in [-0.15, -0.1) is 11.3 Å². The molecule has 0 spiro atoms. The lowest BCUT2D eigenvalue weighted by molar-refractivity contribution is 0.952. The van der Waals surface area contributed by atoms with Crippen LogP contribution in [0.1, 0.15) is 0 Å². The molecule has 11 rings (SSSR count). The van der Waals surface area contributed by atoms with Crippen molar-refractivity contribution in [2.75, 3.05) is 0 Å². The van der Waals surface area contributed by atoms with E-state index in [1.165, 1.54) is 30.9 Å². The van der Waals surface area contributed by atoms with Crippen LogP contribution in [-0.4, -0.2) is 29.1 Å². The standard InChI is InChI=1S/C44H26N6S/c1-2-13-27(14-3-1)42-46-43(30-17-6-10-21-34(30)49-33-20-9-5-16-29(33)41-36(49)22-12-26-45-41)48-44(47-42)50-32-19-8-4-15-28(32)39-35(50)24-25-38-40(39)31-18-7-11-23-37(31)51-38/h1-26H. The number of para-hydroxylation sites is 3. The summed E-state index contributed by atoms with van der Waals surface area (Å²) in [5.74, 6) is 1.78. The highest BCUT2D eigenvalue weighted by Gasteiger charge is 2.22. The third-order valence-electron chi connectivity index (χ3n) is 9.85. The van der Waals surface area contributed by atoms with Gasteiger partial charge >= 0.3 is 0 Å². The Morgan fingerprint density at radius 2 is 1.12 bits per heavy atom. The average molecular weight is 671 g/mol. The molecule has 7 heteroatoms. The second-order valence-electron chi connectivity index (χ2n) is 12.7. The van der Waals surface area contributed by atoms with Gasteiger partial charge in [0, 0.05) is 53.7 Å². The fourth-order valence-corrected chi connectivity index (χ4v) is 8.81. The summed E-state index contributed by atoms with van der Waals surface area (Å²) < 4.78 is 7.03. The quantitative estimate of drug-likeness (QED) is 0.187. The van der Waals surface area contributed by atoms with Crippen molar-refractivity contribution in [3.63, 3.8) is 0 Å². The first-order valence-corrected chi connectivity index (χ1v) is 17.7. The monoisotopic (exact) mass is 670 g/mol. The number of pyridine rings is 1. The minimum absolute atomic E-state index is 0.572. The van der Waals surface area contributed by atoms with Crippen molar-refractivity contribution >= 4 is 75.3 Å². The fourth-order valence-electron chi connectivity index (χ4n) is 7.69. The molecule has 238 valence electrons. The minimum Gasteiger partial charge on any atom is -0.307 e. The first kappa shape index (κ1) is 28.2. The number of hydrogen-bond acceptors (Lipinski definition) is 5. The van der Waals surface area contributed by atoms with Gasteiger partial charge < -0.3 is 4.57 Å². The van der Waals surface area contributed by atoms with Crippen LogP contribution in [0.25, 0.3) is 98.3 Å². The van der Waals surface area contributed by atoms with Gasteiger partial charge in [-0.05, 0) is 54.6 Å². The molecule has 0 aliphatic rings. The molecule has 6 aromatic carbocycles. The van der Waals surface area contributed by atoms with E-state index >= 15 is 0 Å². The third-order valence-corrected chi connectivity index (χ3v) is 11.0. The zero-order valence-corrected chi connectivity index (χ0v) is 27.9.